The number of hydrogen-bond donors (Lipinski definition) is 2. The molecule has 1 unspecified atom stereocenters. The fourth-order valence-corrected chi connectivity index (χ4v) is 3.62. The van der Waals surface area contributed by atoms with Crippen LogP contribution in [0.4, 0.5) is 17.5 Å². The van der Waals surface area contributed by atoms with Crippen LogP contribution in [-0.4, -0.2) is 35.6 Å². The molecule has 32 heavy (non-hydrogen) atoms. The molecule has 0 radical (unpaired) electrons. The number of nitrogens with zero attached hydrogens (tertiary/aromatic N) is 4. The molecule has 0 aliphatic carbocycles. The summed E-state index contributed by atoms with van der Waals surface area (Å²) in [4.78, 5) is 11.9. The number of halogens is 2. The van der Waals surface area contributed by atoms with Crippen LogP contribution < -0.4 is 15.5 Å². The van der Waals surface area contributed by atoms with E-state index in [9.17, 15) is 5.26 Å². The number of rotatable bonds is 7. The van der Waals surface area contributed by atoms with E-state index in [-0.39, 0.29) is 30.2 Å². The topological polar surface area (TPSA) is 76.9 Å². The van der Waals surface area contributed by atoms with Gasteiger partial charge in [0, 0.05) is 43.1 Å². The van der Waals surface area contributed by atoms with E-state index in [0.29, 0.717) is 17.6 Å². The minimum absolute atomic E-state index is 0. The fourth-order valence-electron chi connectivity index (χ4n) is 3.62. The lowest BCUT2D eigenvalue weighted by molar-refractivity contribution is 0.357. The van der Waals surface area contributed by atoms with E-state index in [0.717, 1.165) is 61.7 Å². The third kappa shape index (κ3) is 7.81. The summed E-state index contributed by atoms with van der Waals surface area (Å²) >= 11 is 0. The zero-order chi connectivity index (χ0) is 21.7. The maximum atomic E-state index is 9.31. The second-order valence-electron chi connectivity index (χ2n) is 9.43. The van der Waals surface area contributed by atoms with Gasteiger partial charge in [0.2, 0.25) is 5.95 Å². The van der Waals surface area contributed by atoms with Crippen LogP contribution in [0.3, 0.4) is 0 Å². The van der Waals surface area contributed by atoms with Gasteiger partial charge in [0.1, 0.15) is 5.82 Å². The molecule has 8 heteroatoms. The first-order chi connectivity index (χ1) is 14.3. The largest absolute Gasteiger partial charge is 0.355 e. The molecule has 0 spiro atoms. The molecule has 1 aromatic carbocycles. The molecule has 0 bridgehead atoms. The zero-order valence-corrected chi connectivity index (χ0v) is 21.4. The van der Waals surface area contributed by atoms with Gasteiger partial charge in [0.25, 0.3) is 0 Å². The van der Waals surface area contributed by atoms with Crippen molar-refractivity contribution < 1.29 is 0 Å². The molecule has 2 heterocycles. The molecule has 3 rings (SSSR count). The van der Waals surface area contributed by atoms with Crippen molar-refractivity contribution in [3.63, 3.8) is 0 Å². The van der Waals surface area contributed by atoms with Crippen molar-refractivity contribution in [1.29, 1.82) is 5.26 Å². The van der Waals surface area contributed by atoms with Gasteiger partial charge in [-0.25, -0.2) is 4.98 Å². The summed E-state index contributed by atoms with van der Waals surface area (Å²) in [5.41, 5.74) is 3.79. The maximum Gasteiger partial charge on any atom is 0.229 e. The van der Waals surface area contributed by atoms with Gasteiger partial charge in [-0.2, -0.15) is 10.2 Å². The van der Waals surface area contributed by atoms with Crippen LogP contribution in [0.1, 0.15) is 57.4 Å². The predicted molar refractivity (Wildman–Crippen MR) is 138 cm³/mol. The first kappa shape index (κ1) is 28.0. The molecule has 1 saturated heterocycles. The van der Waals surface area contributed by atoms with Gasteiger partial charge in [0.15, 0.2) is 0 Å². The van der Waals surface area contributed by atoms with Gasteiger partial charge < -0.3 is 15.5 Å². The highest BCUT2D eigenvalue weighted by Gasteiger charge is 2.25. The monoisotopic (exact) mass is 478 g/mol. The van der Waals surface area contributed by atoms with Crippen molar-refractivity contribution in [3.05, 3.63) is 41.1 Å². The highest BCUT2D eigenvalue weighted by molar-refractivity contribution is 5.85. The Labute approximate surface area is 205 Å². The van der Waals surface area contributed by atoms with E-state index in [1.54, 1.807) is 0 Å². The smallest absolute Gasteiger partial charge is 0.229 e. The van der Waals surface area contributed by atoms with Gasteiger partial charge in [-0.05, 0) is 42.9 Å². The Morgan fingerprint density at radius 3 is 2.59 bits per heavy atom. The highest BCUT2D eigenvalue weighted by Crippen LogP contribution is 2.24. The average Bonchev–Trinajstić information content (AvgIpc) is 3.17. The Morgan fingerprint density at radius 1 is 1.19 bits per heavy atom. The number of nitrogens with one attached hydrogen (secondary N) is 2. The number of aromatic nitrogens is 2. The van der Waals surface area contributed by atoms with E-state index >= 15 is 0 Å². The Bertz CT molecular complexity index is 920. The summed E-state index contributed by atoms with van der Waals surface area (Å²) in [6, 6.07) is 10.6. The molecule has 1 fully saturated rings. The lowest BCUT2D eigenvalue weighted by atomic mass is 9.96. The van der Waals surface area contributed by atoms with Crippen molar-refractivity contribution in [1.82, 2.24) is 15.3 Å². The van der Waals surface area contributed by atoms with Crippen molar-refractivity contribution in [2.24, 2.45) is 5.41 Å². The van der Waals surface area contributed by atoms with Crippen molar-refractivity contribution >= 4 is 42.3 Å². The molecular weight excluding hydrogens is 443 g/mol. The summed E-state index contributed by atoms with van der Waals surface area (Å²) in [5.74, 6) is 1.57. The third-order valence-electron chi connectivity index (χ3n) is 5.32. The number of anilines is 3. The van der Waals surface area contributed by atoms with E-state index in [1.165, 1.54) is 0 Å². The van der Waals surface area contributed by atoms with E-state index in [4.69, 9.17) is 9.97 Å². The van der Waals surface area contributed by atoms with Gasteiger partial charge in [-0.1, -0.05) is 40.2 Å². The van der Waals surface area contributed by atoms with Crippen LogP contribution in [-0.2, 0) is 6.42 Å². The lowest BCUT2D eigenvalue weighted by Gasteiger charge is -2.23. The minimum Gasteiger partial charge on any atom is -0.355 e. The van der Waals surface area contributed by atoms with Crippen molar-refractivity contribution in [2.45, 2.75) is 59.9 Å². The summed E-state index contributed by atoms with van der Waals surface area (Å²) in [5, 5.41) is 16.3. The van der Waals surface area contributed by atoms with E-state index in [2.05, 4.69) is 55.4 Å². The zero-order valence-electron chi connectivity index (χ0n) is 19.7. The molecule has 0 saturated carbocycles. The van der Waals surface area contributed by atoms with Crippen molar-refractivity contribution in [3.8, 4) is 6.07 Å². The lowest BCUT2D eigenvalue weighted by Crippen LogP contribution is -2.37. The van der Waals surface area contributed by atoms with E-state index in [1.807, 2.05) is 25.1 Å². The Kier molecular flexibility index (Phi) is 10.7. The second-order valence-corrected chi connectivity index (χ2v) is 9.43. The summed E-state index contributed by atoms with van der Waals surface area (Å²) in [6.07, 6.45) is 3.07. The van der Waals surface area contributed by atoms with Gasteiger partial charge in [0.05, 0.1) is 11.6 Å². The average molecular weight is 480 g/mol. The highest BCUT2D eigenvalue weighted by atomic mass is 35.5. The quantitative estimate of drug-likeness (QED) is 0.553. The number of hydrogen-bond acceptors (Lipinski definition) is 6. The van der Waals surface area contributed by atoms with Crippen LogP contribution in [0.5, 0.6) is 0 Å². The molecule has 2 aromatic rings. The SMILES string of the molecule is CCCc1cc(N2CCC(NCC(C)(C)C)C2)nc(Nc2ccc(C)c(C#N)c2)n1.Cl.Cl. The fraction of sp³-hybridized carbons (Fsp3) is 0.542. The number of nitriles is 1. The Hall–Kier alpha value is -2.07. The van der Waals surface area contributed by atoms with Crippen LogP contribution in [0.25, 0.3) is 0 Å². The first-order valence-electron chi connectivity index (χ1n) is 10.9. The molecule has 1 aliphatic rings. The molecule has 6 nitrogen and oxygen atoms in total. The molecule has 1 aromatic heterocycles. The van der Waals surface area contributed by atoms with Crippen molar-refractivity contribution in [2.75, 3.05) is 29.9 Å². The number of benzene rings is 1. The predicted octanol–water partition coefficient (Wildman–Crippen LogP) is 5.41. The van der Waals surface area contributed by atoms with Crippen LogP contribution >= 0.6 is 24.8 Å². The van der Waals surface area contributed by atoms with E-state index < -0.39 is 0 Å². The molecule has 0 amide bonds. The molecule has 176 valence electrons. The maximum absolute atomic E-state index is 9.31. The van der Waals surface area contributed by atoms with Gasteiger partial charge >= 0.3 is 0 Å². The molecular formula is C24H36Cl2N6. The van der Waals surface area contributed by atoms with Gasteiger partial charge in [-0.15, -0.1) is 24.8 Å². The summed E-state index contributed by atoms with van der Waals surface area (Å²) < 4.78 is 0. The van der Waals surface area contributed by atoms with Crippen LogP contribution in [0, 0.1) is 23.7 Å². The Balaban J connectivity index is 0.00000256. The summed E-state index contributed by atoms with van der Waals surface area (Å²) in [6.45, 7) is 13.8. The van der Waals surface area contributed by atoms with Crippen LogP contribution in [0.2, 0.25) is 0 Å². The van der Waals surface area contributed by atoms with Crippen LogP contribution in [0.15, 0.2) is 24.3 Å². The Morgan fingerprint density at radius 2 is 1.94 bits per heavy atom. The summed E-state index contributed by atoms with van der Waals surface area (Å²) in [7, 11) is 0. The molecule has 1 aliphatic heterocycles. The minimum atomic E-state index is 0. The molecule has 1 atom stereocenters. The van der Waals surface area contributed by atoms with Gasteiger partial charge in [-0.3, -0.25) is 0 Å². The third-order valence-corrected chi connectivity index (χ3v) is 5.32. The standard InChI is InChI=1S/C24H34N6.2ClH/c1-6-7-19-13-22(30-11-10-21(15-30)26-16-24(3,4)5)29-23(27-19)28-20-9-8-17(2)18(12-20)14-25;;/h8-9,12-13,21,26H,6-7,10-11,15-16H2,1-5H3,(H,27,28,29);2*1H. The second kappa shape index (κ2) is 12.2. The number of aryl methyl sites for hydroxylation is 2. The first-order valence-corrected chi connectivity index (χ1v) is 10.9. The normalized spacial score (nSPS) is 15.5. The molecule has 2 N–H and O–H groups in total.